The first-order valence-corrected chi connectivity index (χ1v) is 5.75. The number of rotatable bonds is 5. The summed E-state index contributed by atoms with van der Waals surface area (Å²) >= 11 is 0. The van der Waals surface area contributed by atoms with Crippen molar-refractivity contribution in [1.29, 1.82) is 0 Å². The van der Waals surface area contributed by atoms with Crippen molar-refractivity contribution in [1.82, 2.24) is 5.32 Å². The van der Waals surface area contributed by atoms with Gasteiger partial charge in [-0.05, 0) is 43.5 Å². The molecule has 0 amide bonds. The van der Waals surface area contributed by atoms with Crippen LogP contribution in [0.2, 0.25) is 0 Å². The van der Waals surface area contributed by atoms with E-state index < -0.39 is 0 Å². The molecule has 2 rings (SSSR count). The second-order valence-electron chi connectivity index (χ2n) is 4.29. The van der Waals surface area contributed by atoms with Crippen LogP contribution >= 0.6 is 0 Å². The van der Waals surface area contributed by atoms with Crippen LogP contribution in [-0.4, -0.2) is 13.7 Å². The highest BCUT2D eigenvalue weighted by Gasteiger charge is 2.17. The molecule has 82 valence electrons. The number of hydrogen-bond acceptors (Lipinski definition) is 2. The van der Waals surface area contributed by atoms with Crippen molar-refractivity contribution in [2.75, 3.05) is 13.7 Å². The van der Waals surface area contributed by atoms with E-state index in [-0.39, 0.29) is 0 Å². The maximum Gasteiger partial charge on any atom is 0.119 e. The topological polar surface area (TPSA) is 21.3 Å². The zero-order valence-electron chi connectivity index (χ0n) is 9.33. The van der Waals surface area contributed by atoms with Crippen LogP contribution in [0.5, 0.6) is 5.75 Å². The molecular weight excluding hydrogens is 186 g/mol. The summed E-state index contributed by atoms with van der Waals surface area (Å²) in [5.74, 6) is 1.81. The van der Waals surface area contributed by atoms with Crippen LogP contribution in [0.3, 0.4) is 0 Å². The fourth-order valence-corrected chi connectivity index (χ4v) is 1.82. The number of benzene rings is 1. The van der Waals surface area contributed by atoms with Crippen molar-refractivity contribution >= 4 is 0 Å². The third-order valence-corrected chi connectivity index (χ3v) is 2.99. The summed E-state index contributed by atoms with van der Waals surface area (Å²) in [5.41, 5.74) is 1.28. The van der Waals surface area contributed by atoms with Crippen molar-refractivity contribution in [3.8, 4) is 5.75 Å². The first kappa shape index (κ1) is 10.5. The summed E-state index contributed by atoms with van der Waals surface area (Å²) in [5, 5.41) is 3.14. The van der Waals surface area contributed by atoms with Crippen LogP contribution in [0.15, 0.2) is 24.3 Å². The van der Waals surface area contributed by atoms with E-state index in [0.29, 0.717) is 0 Å². The highest BCUT2D eigenvalue weighted by atomic mass is 16.5. The Labute approximate surface area is 91.6 Å². The lowest BCUT2D eigenvalue weighted by Crippen LogP contribution is -2.19. The first-order valence-electron chi connectivity index (χ1n) is 5.75. The number of nitrogens with one attached hydrogen (secondary N) is 1. The van der Waals surface area contributed by atoms with Gasteiger partial charge in [-0.1, -0.05) is 18.6 Å². The molecule has 1 aromatic carbocycles. The van der Waals surface area contributed by atoms with Gasteiger partial charge in [0.15, 0.2) is 0 Å². The van der Waals surface area contributed by atoms with Gasteiger partial charge in [0.1, 0.15) is 5.75 Å². The largest absolute Gasteiger partial charge is 0.493 e. The van der Waals surface area contributed by atoms with Gasteiger partial charge in [0.25, 0.3) is 0 Å². The summed E-state index contributed by atoms with van der Waals surface area (Å²) in [6.07, 6.45) is 4.07. The lowest BCUT2D eigenvalue weighted by atomic mass is 9.86. The number of hydrogen-bond donors (Lipinski definition) is 1. The lowest BCUT2D eigenvalue weighted by molar-refractivity contribution is 0.180. The zero-order chi connectivity index (χ0) is 10.5. The highest BCUT2D eigenvalue weighted by molar-refractivity contribution is 5.28. The minimum absolute atomic E-state index is 0.804. The van der Waals surface area contributed by atoms with Gasteiger partial charge in [-0.25, -0.2) is 0 Å². The standard InChI is InChI=1S/C13H19NO/c1-14-9-12-6-3-7-13(8-12)15-10-11-4-2-5-11/h3,6-8,11,14H,2,4-5,9-10H2,1H3. The van der Waals surface area contributed by atoms with Crippen LogP contribution in [0.1, 0.15) is 24.8 Å². The molecule has 1 saturated carbocycles. The molecule has 0 aromatic heterocycles. The van der Waals surface area contributed by atoms with Crippen LogP contribution in [0.25, 0.3) is 0 Å². The molecule has 1 aliphatic rings. The second-order valence-corrected chi connectivity index (χ2v) is 4.29. The Bertz CT molecular complexity index is 307. The predicted molar refractivity (Wildman–Crippen MR) is 62.0 cm³/mol. The second kappa shape index (κ2) is 5.17. The van der Waals surface area contributed by atoms with Gasteiger partial charge in [-0.2, -0.15) is 0 Å². The van der Waals surface area contributed by atoms with E-state index in [0.717, 1.165) is 24.8 Å². The van der Waals surface area contributed by atoms with Crippen molar-refractivity contribution in [3.05, 3.63) is 29.8 Å². The Morgan fingerprint density at radius 3 is 2.93 bits per heavy atom. The molecule has 0 unspecified atom stereocenters. The lowest BCUT2D eigenvalue weighted by Gasteiger charge is -2.25. The van der Waals surface area contributed by atoms with Crippen molar-refractivity contribution in [2.45, 2.75) is 25.8 Å². The molecule has 0 bridgehead atoms. The van der Waals surface area contributed by atoms with Gasteiger partial charge in [0.2, 0.25) is 0 Å². The van der Waals surface area contributed by atoms with Gasteiger partial charge in [-0.15, -0.1) is 0 Å². The quantitative estimate of drug-likeness (QED) is 0.797. The minimum Gasteiger partial charge on any atom is -0.493 e. The van der Waals surface area contributed by atoms with Gasteiger partial charge >= 0.3 is 0 Å². The molecule has 0 atom stereocenters. The predicted octanol–water partition coefficient (Wildman–Crippen LogP) is 2.58. The molecular formula is C13H19NO. The van der Waals surface area contributed by atoms with Crippen molar-refractivity contribution in [3.63, 3.8) is 0 Å². The van der Waals surface area contributed by atoms with E-state index in [9.17, 15) is 0 Å². The molecule has 2 nitrogen and oxygen atoms in total. The molecule has 1 aromatic rings. The summed E-state index contributed by atoms with van der Waals surface area (Å²) in [6.45, 7) is 1.80. The van der Waals surface area contributed by atoms with Crippen LogP contribution in [0, 0.1) is 5.92 Å². The Hall–Kier alpha value is -1.02. The molecule has 0 heterocycles. The summed E-state index contributed by atoms with van der Waals surface area (Å²) in [4.78, 5) is 0. The average molecular weight is 205 g/mol. The van der Waals surface area contributed by atoms with Crippen LogP contribution in [-0.2, 0) is 6.54 Å². The van der Waals surface area contributed by atoms with E-state index in [4.69, 9.17) is 4.74 Å². The fraction of sp³-hybridized carbons (Fsp3) is 0.538. The van der Waals surface area contributed by atoms with Gasteiger partial charge < -0.3 is 10.1 Å². The van der Waals surface area contributed by atoms with Gasteiger partial charge in [0, 0.05) is 6.54 Å². The maximum atomic E-state index is 5.77. The van der Waals surface area contributed by atoms with Crippen LogP contribution < -0.4 is 10.1 Å². The Balaban J connectivity index is 1.86. The van der Waals surface area contributed by atoms with E-state index >= 15 is 0 Å². The Morgan fingerprint density at radius 2 is 2.27 bits per heavy atom. The van der Waals surface area contributed by atoms with Gasteiger partial charge in [0.05, 0.1) is 6.61 Å². The van der Waals surface area contributed by atoms with Crippen molar-refractivity contribution in [2.24, 2.45) is 5.92 Å². The van der Waals surface area contributed by atoms with E-state index in [1.807, 2.05) is 13.1 Å². The summed E-state index contributed by atoms with van der Waals surface area (Å²) in [7, 11) is 1.96. The van der Waals surface area contributed by atoms with Crippen molar-refractivity contribution < 1.29 is 4.74 Å². The molecule has 1 fully saturated rings. The third-order valence-electron chi connectivity index (χ3n) is 2.99. The smallest absolute Gasteiger partial charge is 0.119 e. The molecule has 0 radical (unpaired) electrons. The zero-order valence-corrected chi connectivity index (χ0v) is 9.33. The fourth-order valence-electron chi connectivity index (χ4n) is 1.82. The molecule has 1 N–H and O–H groups in total. The monoisotopic (exact) mass is 205 g/mol. The first-order chi connectivity index (χ1) is 7.38. The molecule has 2 heteroatoms. The molecule has 0 saturated heterocycles. The van der Waals surface area contributed by atoms with Crippen LogP contribution in [0.4, 0.5) is 0 Å². The van der Waals surface area contributed by atoms with E-state index in [2.05, 4.69) is 23.5 Å². The summed E-state index contributed by atoms with van der Waals surface area (Å²) < 4.78 is 5.77. The maximum absolute atomic E-state index is 5.77. The Kier molecular flexibility index (Phi) is 3.62. The molecule has 15 heavy (non-hydrogen) atoms. The number of ether oxygens (including phenoxy) is 1. The van der Waals surface area contributed by atoms with Gasteiger partial charge in [-0.3, -0.25) is 0 Å². The average Bonchev–Trinajstić information content (AvgIpc) is 2.16. The minimum atomic E-state index is 0.804. The Morgan fingerprint density at radius 1 is 1.40 bits per heavy atom. The third kappa shape index (κ3) is 2.96. The SMILES string of the molecule is CNCc1cccc(OCC2CCC2)c1. The highest BCUT2D eigenvalue weighted by Crippen LogP contribution is 2.27. The van der Waals surface area contributed by atoms with E-state index in [1.165, 1.54) is 24.8 Å². The molecule has 0 spiro atoms. The molecule has 0 aliphatic heterocycles. The molecule has 1 aliphatic carbocycles. The normalized spacial score (nSPS) is 16.1. The van der Waals surface area contributed by atoms with E-state index in [1.54, 1.807) is 0 Å². The summed E-state index contributed by atoms with van der Waals surface area (Å²) in [6, 6.07) is 8.34.